The Labute approximate surface area is 98.0 Å². The van der Waals surface area contributed by atoms with Gasteiger partial charge in [0.05, 0.1) is 12.9 Å². The average molecular weight is 224 g/mol. The molecule has 0 aliphatic carbocycles. The normalized spacial score (nSPS) is 10.8. The number of imidazole rings is 1. The molecule has 3 aromatic rings. The van der Waals surface area contributed by atoms with Crippen molar-refractivity contribution >= 4 is 17.0 Å². The van der Waals surface area contributed by atoms with E-state index < -0.39 is 0 Å². The van der Waals surface area contributed by atoms with Crippen LogP contribution >= 0.6 is 0 Å². The van der Waals surface area contributed by atoms with Crippen molar-refractivity contribution in [3.05, 3.63) is 48.5 Å². The van der Waals surface area contributed by atoms with E-state index in [-0.39, 0.29) is 0 Å². The number of hydrogen-bond acceptors (Lipinski definition) is 4. The lowest BCUT2D eigenvalue weighted by atomic mass is 10.2. The smallest absolute Gasteiger partial charge is 0.165 e. The predicted molar refractivity (Wildman–Crippen MR) is 64.1 cm³/mol. The number of fused-ring (bicyclic) bond motifs is 1. The summed E-state index contributed by atoms with van der Waals surface area (Å²) in [6, 6.07) is 10.8. The molecule has 2 N–H and O–H groups in total. The molecule has 83 valence electrons. The van der Waals surface area contributed by atoms with Gasteiger partial charge in [0, 0.05) is 0 Å². The lowest BCUT2D eigenvalue weighted by Crippen LogP contribution is -2.00. The molecule has 5 nitrogen and oxygen atoms in total. The van der Waals surface area contributed by atoms with E-state index >= 15 is 0 Å². The Morgan fingerprint density at radius 3 is 3.06 bits per heavy atom. The Morgan fingerprint density at radius 2 is 2.24 bits per heavy atom. The standard InChI is InChI=1S/C12H10N5/c13-11-10-12(15-7-14-11)17(8-16-10)6-9-4-2-1-3-5-9/h1-2,4-5,7-8H,6H2,(H2,13,14,15). The van der Waals surface area contributed by atoms with E-state index in [4.69, 9.17) is 5.73 Å². The van der Waals surface area contributed by atoms with Crippen molar-refractivity contribution in [3.8, 4) is 0 Å². The summed E-state index contributed by atoms with van der Waals surface area (Å²) in [7, 11) is 0. The highest BCUT2D eigenvalue weighted by Gasteiger charge is 2.07. The Kier molecular flexibility index (Phi) is 2.22. The fraction of sp³-hybridized carbons (Fsp3) is 0.0833. The minimum atomic E-state index is 0.411. The molecule has 2 heterocycles. The number of nitrogens with zero attached hydrogens (tertiary/aromatic N) is 4. The number of nitrogen functional groups attached to an aromatic ring is 1. The molecule has 2 aromatic heterocycles. The number of aromatic nitrogens is 4. The maximum Gasteiger partial charge on any atom is 0.165 e. The van der Waals surface area contributed by atoms with Gasteiger partial charge in [-0.15, -0.1) is 0 Å². The third-order valence-electron chi connectivity index (χ3n) is 2.55. The van der Waals surface area contributed by atoms with E-state index in [0.717, 1.165) is 11.2 Å². The number of anilines is 1. The molecule has 3 rings (SSSR count). The first-order chi connectivity index (χ1) is 8.34. The molecule has 0 saturated heterocycles. The SMILES string of the molecule is Nc1ncnc2c1ncn2Cc1c[c]ccc1. The van der Waals surface area contributed by atoms with E-state index in [1.165, 1.54) is 6.33 Å². The van der Waals surface area contributed by atoms with Crippen LogP contribution in [0.1, 0.15) is 5.56 Å². The van der Waals surface area contributed by atoms with Crippen LogP contribution in [0.4, 0.5) is 5.82 Å². The zero-order valence-electron chi connectivity index (χ0n) is 9.04. The van der Waals surface area contributed by atoms with Crippen molar-refractivity contribution in [1.29, 1.82) is 0 Å². The third kappa shape index (κ3) is 1.71. The second kappa shape index (κ2) is 3.86. The summed E-state index contributed by atoms with van der Waals surface area (Å²) in [6.45, 7) is 0.699. The second-order valence-corrected chi connectivity index (χ2v) is 3.72. The van der Waals surface area contributed by atoms with Crippen LogP contribution in [0.5, 0.6) is 0 Å². The first kappa shape index (κ1) is 9.77. The van der Waals surface area contributed by atoms with Gasteiger partial charge >= 0.3 is 0 Å². The molecule has 0 bridgehead atoms. The van der Waals surface area contributed by atoms with Crippen LogP contribution in [0.25, 0.3) is 11.2 Å². The van der Waals surface area contributed by atoms with Crippen LogP contribution in [-0.2, 0) is 6.54 Å². The van der Waals surface area contributed by atoms with Crippen molar-refractivity contribution in [1.82, 2.24) is 19.5 Å². The monoisotopic (exact) mass is 224 g/mol. The number of benzene rings is 1. The van der Waals surface area contributed by atoms with Gasteiger partial charge in [-0.3, -0.25) is 0 Å². The van der Waals surface area contributed by atoms with Gasteiger partial charge in [0.2, 0.25) is 0 Å². The van der Waals surface area contributed by atoms with E-state index in [0.29, 0.717) is 17.9 Å². The highest BCUT2D eigenvalue weighted by molar-refractivity contribution is 5.81. The highest BCUT2D eigenvalue weighted by atomic mass is 15.1. The summed E-state index contributed by atoms with van der Waals surface area (Å²) in [4.78, 5) is 12.3. The quantitative estimate of drug-likeness (QED) is 0.711. The summed E-state index contributed by atoms with van der Waals surface area (Å²) in [5.41, 5.74) is 8.27. The summed E-state index contributed by atoms with van der Waals surface area (Å²) >= 11 is 0. The highest BCUT2D eigenvalue weighted by Crippen LogP contribution is 2.15. The largest absolute Gasteiger partial charge is 0.382 e. The van der Waals surface area contributed by atoms with Crippen molar-refractivity contribution in [2.75, 3.05) is 5.73 Å². The zero-order valence-corrected chi connectivity index (χ0v) is 9.04. The molecule has 5 heteroatoms. The summed E-state index contributed by atoms with van der Waals surface area (Å²) in [5.74, 6) is 0.411. The first-order valence-corrected chi connectivity index (χ1v) is 5.21. The van der Waals surface area contributed by atoms with Gasteiger partial charge in [-0.05, 0) is 17.7 Å². The Balaban J connectivity index is 2.05. The van der Waals surface area contributed by atoms with Crippen LogP contribution in [0.3, 0.4) is 0 Å². The molecule has 0 amide bonds. The molecular formula is C12H10N5. The van der Waals surface area contributed by atoms with Gasteiger partial charge in [0.1, 0.15) is 11.8 Å². The lowest BCUT2D eigenvalue weighted by molar-refractivity contribution is 0.813. The topological polar surface area (TPSA) is 69.6 Å². The van der Waals surface area contributed by atoms with Crippen LogP contribution in [0.15, 0.2) is 36.9 Å². The van der Waals surface area contributed by atoms with Crippen LogP contribution < -0.4 is 5.73 Å². The molecule has 0 atom stereocenters. The molecular weight excluding hydrogens is 214 g/mol. The van der Waals surface area contributed by atoms with Crippen molar-refractivity contribution in [2.24, 2.45) is 0 Å². The molecule has 1 radical (unpaired) electrons. The van der Waals surface area contributed by atoms with Gasteiger partial charge in [-0.1, -0.05) is 18.2 Å². The van der Waals surface area contributed by atoms with Crippen molar-refractivity contribution < 1.29 is 0 Å². The molecule has 0 saturated carbocycles. The number of hydrogen-bond donors (Lipinski definition) is 1. The first-order valence-electron chi connectivity index (χ1n) is 5.21. The van der Waals surface area contributed by atoms with E-state index in [1.807, 2.05) is 28.8 Å². The maximum absolute atomic E-state index is 5.73. The average Bonchev–Trinajstić information content (AvgIpc) is 2.76. The number of rotatable bonds is 2. The van der Waals surface area contributed by atoms with Gasteiger partial charge < -0.3 is 10.3 Å². The molecule has 0 spiro atoms. The lowest BCUT2D eigenvalue weighted by Gasteiger charge is -2.03. The molecule has 0 aliphatic heterocycles. The fourth-order valence-corrected chi connectivity index (χ4v) is 1.74. The van der Waals surface area contributed by atoms with Gasteiger partial charge in [-0.25, -0.2) is 15.0 Å². The second-order valence-electron chi connectivity index (χ2n) is 3.72. The van der Waals surface area contributed by atoms with Gasteiger partial charge in [0.25, 0.3) is 0 Å². The fourth-order valence-electron chi connectivity index (χ4n) is 1.74. The summed E-state index contributed by atoms with van der Waals surface area (Å²) in [6.07, 6.45) is 3.18. The summed E-state index contributed by atoms with van der Waals surface area (Å²) < 4.78 is 1.94. The Bertz CT molecular complexity index is 644. The molecule has 0 unspecified atom stereocenters. The zero-order chi connectivity index (χ0) is 11.7. The maximum atomic E-state index is 5.73. The summed E-state index contributed by atoms with van der Waals surface area (Å²) in [5, 5.41) is 0. The predicted octanol–water partition coefficient (Wildman–Crippen LogP) is 1.26. The van der Waals surface area contributed by atoms with Crippen LogP contribution in [0.2, 0.25) is 0 Å². The van der Waals surface area contributed by atoms with E-state index in [9.17, 15) is 0 Å². The Hall–Kier alpha value is -2.43. The Morgan fingerprint density at radius 1 is 1.29 bits per heavy atom. The van der Waals surface area contributed by atoms with Gasteiger partial charge in [-0.2, -0.15) is 0 Å². The minimum Gasteiger partial charge on any atom is -0.382 e. The molecule has 0 aliphatic rings. The molecule has 0 fully saturated rings. The van der Waals surface area contributed by atoms with Crippen molar-refractivity contribution in [2.45, 2.75) is 6.54 Å². The third-order valence-corrected chi connectivity index (χ3v) is 2.55. The van der Waals surface area contributed by atoms with Crippen LogP contribution in [-0.4, -0.2) is 19.5 Å². The number of nitrogens with two attached hydrogens (primary N) is 1. The van der Waals surface area contributed by atoms with Gasteiger partial charge in [0.15, 0.2) is 11.5 Å². The molecule has 1 aromatic carbocycles. The van der Waals surface area contributed by atoms with E-state index in [1.54, 1.807) is 6.33 Å². The van der Waals surface area contributed by atoms with E-state index in [2.05, 4.69) is 21.0 Å². The van der Waals surface area contributed by atoms with Crippen molar-refractivity contribution in [3.63, 3.8) is 0 Å². The minimum absolute atomic E-state index is 0.411. The molecule has 17 heavy (non-hydrogen) atoms. The van der Waals surface area contributed by atoms with Crippen LogP contribution in [0, 0.1) is 6.07 Å².